The van der Waals surface area contributed by atoms with Crippen molar-refractivity contribution in [3.8, 4) is 0 Å². The van der Waals surface area contributed by atoms with Crippen molar-refractivity contribution in [1.29, 1.82) is 0 Å². The third kappa shape index (κ3) is 2.13. The van der Waals surface area contributed by atoms with Crippen molar-refractivity contribution in [1.82, 2.24) is 5.43 Å². The Morgan fingerprint density at radius 1 is 1.41 bits per heavy atom. The van der Waals surface area contributed by atoms with Gasteiger partial charge in [-0.05, 0) is 63.2 Å². The van der Waals surface area contributed by atoms with Gasteiger partial charge in [0.05, 0.1) is 11.6 Å². The highest BCUT2D eigenvalue weighted by Gasteiger charge is 2.44. The maximum absolute atomic E-state index is 5.94. The van der Waals surface area contributed by atoms with E-state index in [1.807, 2.05) is 0 Å². The van der Waals surface area contributed by atoms with E-state index in [2.05, 4.69) is 12.3 Å². The van der Waals surface area contributed by atoms with Crippen LogP contribution in [0.1, 0.15) is 51.9 Å². The predicted molar refractivity (Wildman–Crippen MR) is 68.3 cm³/mol. The fraction of sp³-hybridized carbons (Fsp3) is 1.00. The van der Waals surface area contributed by atoms with E-state index < -0.39 is 0 Å². The molecule has 0 spiro atoms. The van der Waals surface area contributed by atoms with Gasteiger partial charge in [0.25, 0.3) is 0 Å². The summed E-state index contributed by atoms with van der Waals surface area (Å²) in [7, 11) is 0. The molecular weight excluding hydrogens is 212 g/mol. The van der Waals surface area contributed by atoms with Gasteiger partial charge in [0, 0.05) is 6.61 Å². The van der Waals surface area contributed by atoms with Crippen molar-refractivity contribution >= 4 is 0 Å². The molecule has 17 heavy (non-hydrogen) atoms. The Kier molecular flexibility index (Phi) is 3.18. The Balaban J connectivity index is 1.62. The number of rotatable bonds is 4. The molecule has 3 aliphatic rings. The fourth-order valence-electron chi connectivity index (χ4n) is 4.54. The van der Waals surface area contributed by atoms with Crippen LogP contribution in [0.5, 0.6) is 0 Å². The Morgan fingerprint density at radius 3 is 2.82 bits per heavy atom. The van der Waals surface area contributed by atoms with Crippen molar-refractivity contribution in [2.75, 3.05) is 6.61 Å². The molecule has 3 rings (SSSR count). The molecule has 0 radical (unpaired) electrons. The van der Waals surface area contributed by atoms with Crippen molar-refractivity contribution in [3.05, 3.63) is 0 Å². The van der Waals surface area contributed by atoms with Crippen LogP contribution in [0.3, 0.4) is 0 Å². The van der Waals surface area contributed by atoms with Crippen LogP contribution in [0.4, 0.5) is 0 Å². The minimum absolute atomic E-state index is 0.0173. The van der Waals surface area contributed by atoms with E-state index in [9.17, 15) is 0 Å². The number of fused-ring (bicyclic) bond motifs is 2. The van der Waals surface area contributed by atoms with Gasteiger partial charge >= 0.3 is 0 Å². The fourth-order valence-corrected chi connectivity index (χ4v) is 4.54. The molecular formula is C14H26N2O. The highest BCUT2D eigenvalue weighted by Crippen LogP contribution is 2.50. The summed E-state index contributed by atoms with van der Waals surface area (Å²) in [6, 6.07) is 0.342. The van der Waals surface area contributed by atoms with Gasteiger partial charge < -0.3 is 4.74 Å². The average Bonchev–Trinajstić information content (AvgIpc) is 3.01. The van der Waals surface area contributed by atoms with Crippen molar-refractivity contribution in [2.24, 2.45) is 23.6 Å². The van der Waals surface area contributed by atoms with Crippen LogP contribution in [-0.2, 0) is 4.74 Å². The zero-order chi connectivity index (χ0) is 11.9. The van der Waals surface area contributed by atoms with Gasteiger partial charge in [0.1, 0.15) is 0 Å². The second-order valence-corrected chi connectivity index (χ2v) is 6.65. The van der Waals surface area contributed by atoms with E-state index in [4.69, 9.17) is 10.6 Å². The Bertz CT molecular complexity index is 275. The van der Waals surface area contributed by atoms with E-state index in [-0.39, 0.29) is 5.60 Å². The molecule has 2 bridgehead atoms. The summed E-state index contributed by atoms with van der Waals surface area (Å²) in [6.07, 6.45) is 9.43. The third-order valence-electron chi connectivity index (χ3n) is 5.61. The summed E-state index contributed by atoms with van der Waals surface area (Å²) in [6.45, 7) is 3.14. The van der Waals surface area contributed by atoms with Crippen LogP contribution < -0.4 is 11.3 Å². The lowest BCUT2D eigenvalue weighted by Crippen LogP contribution is -2.52. The van der Waals surface area contributed by atoms with Crippen LogP contribution in [0, 0.1) is 17.8 Å². The maximum atomic E-state index is 5.94. The van der Waals surface area contributed by atoms with Crippen LogP contribution >= 0.6 is 0 Å². The first-order valence-corrected chi connectivity index (χ1v) is 7.31. The highest BCUT2D eigenvalue weighted by atomic mass is 16.5. The Hall–Kier alpha value is -0.120. The SMILES string of the molecule is CC1(C(CC2CC3CCC2C3)NN)CCCO1. The molecule has 98 valence electrons. The van der Waals surface area contributed by atoms with Crippen LogP contribution in [0.15, 0.2) is 0 Å². The summed E-state index contributed by atoms with van der Waals surface area (Å²) in [5.74, 6) is 8.70. The van der Waals surface area contributed by atoms with E-state index in [1.165, 1.54) is 38.5 Å². The summed E-state index contributed by atoms with van der Waals surface area (Å²) in [4.78, 5) is 0. The monoisotopic (exact) mass is 238 g/mol. The largest absolute Gasteiger partial charge is 0.374 e. The molecule has 0 aromatic carbocycles. The van der Waals surface area contributed by atoms with Crippen LogP contribution in [0.2, 0.25) is 0 Å². The molecule has 1 heterocycles. The van der Waals surface area contributed by atoms with Gasteiger partial charge in [-0.25, -0.2) is 0 Å². The number of nitrogens with two attached hydrogens (primary N) is 1. The summed E-state index contributed by atoms with van der Waals surface area (Å²) < 4.78 is 5.94. The van der Waals surface area contributed by atoms with E-state index in [1.54, 1.807) is 0 Å². The molecule has 3 fully saturated rings. The number of hydrogen-bond donors (Lipinski definition) is 2. The topological polar surface area (TPSA) is 47.3 Å². The molecule has 1 aliphatic heterocycles. The molecule has 3 N–H and O–H groups in total. The predicted octanol–water partition coefficient (Wildman–Crippen LogP) is 2.21. The molecule has 2 saturated carbocycles. The first-order valence-electron chi connectivity index (χ1n) is 7.31. The van der Waals surface area contributed by atoms with E-state index >= 15 is 0 Å². The van der Waals surface area contributed by atoms with Crippen molar-refractivity contribution < 1.29 is 4.74 Å². The van der Waals surface area contributed by atoms with Gasteiger partial charge in [-0.2, -0.15) is 0 Å². The third-order valence-corrected chi connectivity index (χ3v) is 5.61. The summed E-state index contributed by atoms with van der Waals surface area (Å²) in [5, 5.41) is 0. The quantitative estimate of drug-likeness (QED) is 0.583. The molecule has 3 heteroatoms. The lowest BCUT2D eigenvalue weighted by atomic mass is 9.79. The Labute approximate surface area is 104 Å². The molecule has 2 aliphatic carbocycles. The van der Waals surface area contributed by atoms with Crippen molar-refractivity contribution in [3.63, 3.8) is 0 Å². The zero-order valence-electron chi connectivity index (χ0n) is 11.0. The lowest BCUT2D eigenvalue weighted by molar-refractivity contribution is -0.0203. The molecule has 0 aromatic heterocycles. The number of hydrazine groups is 1. The number of ether oxygens (including phenoxy) is 1. The first-order chi connectivity index (χ1) is 8.21. The average molecular weight is 238 g/mol. The molecule has 1 saturated heterocycles. The Morgan fingerprint density at radius 2 is 2.29 bits per heavy atom. The normalized spacial score (nSPS) is 46.6. The molecule has 0 amide bonds. The van der Waals surface area contributed by atoms with Crippen molar-refractivity contribution in [2.45, 2.75) is 63.5 Å². The zero-order valence-corrected chi connectivity index (χ0v) is 11.0. The van der Waals surface area contributed by atoms with E-state index in [0.717, 1.165) is 30.8 Å². The van der Waals surface area contributed by atoms with Gasteiger partial charge in [-0.15, -0.1) is 0 Å². The minimum Gasteiger partial charge on any atom is -0.374 e. The van der Waals surface area contributed by atoms with Gasteiger partial charge in [-0.1, -0.05) is 6.42 Å². The van der Waals surface area contributed by atoms with Gasteiger partial charge in [-0.3, -0.25) is 11.3 Å². The van der Waals surface area contributed by atoms with Crippen LogP contribution in [-0.4, -0.2) is 18.2 Å². The second-order valence-electron chi connectivity index (χ2n) is 6.65. The summed E-state index contributed by atoms with van der Waals surface area (Å²) in [5.41, 5.74) is 3.03. The number of hydrogen-bond acceptors (Lipinski definition) is 3. The molecule has 5 unspecified atom stereocenters. The van der Waals surface area contributed by atoms with E-state index in [0.29, 0.717) is 6.04 Å². The first kappa shape index (κ1) is 11.9. The van der Waals surface area contributed by atoms with Crippen LogP contribution in [0.25, 0.3) is 0 Å². The smallest absolute Gasteiger partial charge is 0.0821 e. The number of nitrogens with one attached hydrogen (secondary N) is 1. The molecule has 3 nitrogen and oxygen atoms in total. The standard InChI is InChI=1S/C14H26N2O/c1-14(5-2-6-17-14)13(16-15)9-12-8-10-3-4-11(12)7-10/h10-13,16H,2-9,15H2,1H3. The maximum Gasteiger partial charge on any atom is 0.0821 e. The second kappa shape index (κ2) is 4.52. The summed E-state index contributed by atoms with van der Waals surface area (Å²) >= 11 is 0. The van der Waals surface area contributed by atoms with Gasteiger partial charge in [0.15, 0.2) is 0 Å². The van der Waals surface area contributed by atoms with Gasteiger partial charge in [0.2, 0.25) is 0 Å². The minimum atomic E-state index is -0.0173. The molecule has 5 atom stereocenters. The highest BCUT2D eigenvalue weighted by molar-refractivity contribution is 4.97. The lowest BCUT2D eigenvalue weighted by Gasteiger charge is -2.36. The molecule has 0 aromatic rings.